The lowest BCUT2D eigenvalue weighted by molar-refractivity contribution is 0.0180. The van der Waals surface area contributed by atoms with E-state index in [2.05, 4.69) is 96.1 Å². The first kappa shape index (κ1) is 30.2. The summed E-state index contributed by atoms with van der Waals surface area (Å²) in [7, 11) is -3.04. The Morgan fingerprint density at radius 1 is 0.911 bits per heavy atom. The minimum absolute atomic E-state index is 0.289. The van der Waals surface area contributed by atoms with Gasteiger partial charge in [-0.15, -0.1) is 0 Å². The fourth-order valence-corrected chi connectivity index (χ4v) is 12.2. The molecule has 45 heavy (non-hydrogen) atoms. The molecule has 0 spiro atoms. The van der Waals surface area contributed by atoms with Crippen LogP contribution in [-0.4, -0.2) is 45.6 Å². The highest BCUT2D eigenvalue weighted by Gasteiger charge is 2.54. The molecule has 2 N–H and O–H groups in total. The summed E-state index contributed by atoms with van der Waals surface area (Å²) in [6.45, 7) is 10.3. The maximum Gasteiger partial charge on any atom is 0.319 e. The molecule has 2 aliphatic heterocycles. The molecule has 1 atom stereocenters. The van der Waals surface area contributed by atoms with Gasteiger partial charge in [0.2, 0.25) is 0 Å². The van der Waals surface area contributed by atoms with Crippen molar-refractivity contribution in [3.05, 3.63) is 113 Å². The second-order valence-corrected chi connectivity index (χ2v) is 18.1. The number of hydrogen-bond donors (Lipinski definition) is 2. The lowest BCUT2D eigenvalue weighted by Crippen LogP contribution is -2.68. The van der Waals surface area contributed by atoms with Crippen LogP contribution in [0.25, 0.3) is 11.1 Å². The fraction of sp³-hybridized carbons (Fsp3) is 0.324. The van der Waals surface area contributed by atoms with Crippen molar-refractivity contribution in [1.82, 2.24) is 15.6 Å². The van der Waals surface area contributed by atoms with Crippen LogP contribution in [0.4, 0.5) is 4.39 Å². The molecule has 2 heterocycles. The minimum atomic E-state index is -3.04. The largest absolute Gasteiger partial charge is 0.533 e. The molecule has 232 valence electrons. The average molecular weight is 639 g/mol. The second-order valence-electron chi connectivity index (χ2n) is 13.4. The van der Waals surface area contributed by atoms with Gasteiger partial charge in [-0.3, -0.25) is 10.3 Å². The highest BCUT2D eigenvalue weighted by atomic mass is 35.5. The van der Waals surface area contributed by atoms with E-state index < -0.39 is 14.0 Å². The number of halogens is 2. The van der Waals surface area contributed by atoms with Gasteiger partial charge in [0.25, 0.3) is 0 Å². The van der Waals surface area contributed by atoms with Gasteiger partial charge in [-0.25, -0.2) is 4.39 Å². The molecule has 7 rings (SSSR count). The predicted octanol–water partition coefficient (Wildman–Crippen LogP) is 6.49. The SMILES string of the molecule is CC(C)(C)[Si](Oc1cccc(F)c1-c1cc2c(cc1Cl)C=NNC2(C1CC1)N1CCNCC1)(c1ccccc1)c1ccccc1. The lowest BCUT2D eigenvalue weighted by atomic mass is 9.85. The van der Waals surface area contributed by atoms with E-state index in [1.54, 1.807) is 6.07 Å². The van der Waals surface area contributed by atoms with E-state index in [-0.39, 0.29) is 10.9 Å². The van der Waals surface area contributed by atoms with E-state index in [0.29, 0.717) is 27.8 Å². The van der Waals surface area contributed by atoms with E-state index in [4.69, 9.17) is 16.0 Å². The summed E-state index contributed by atoms with van der Waals surface area (Å²) in [6.07, 6.45) is 4.08. The molecule has 5 nitrogen and oxygen atoms in total. The van der Waals surface area contributed by atoms with E-state index in [1.165, 1.54) is 6.07 Å². The summed E-state index contributed by atoms with van der Waals surface area (Å²) < 4.78 is 23.8. The van der Waals surface area contributed by atoms with Crippen LogP contribution in [0.2, 0.25) is 10.1 Å². The van der Waals surface area contributed by atoms with E-state index >= 15 is 4.39 Å². The number of nitrogens with zero attached hydrogens (tertiary/aromatic N) is 2. The second kappa shape index (κ2) is 11.7. The molecule has 0 aromatic heterocycles. The van der Waals surface area contributed by atoms with Crippen molar-refractivity contribution >= 4 is 36.5 Å². The quantitative estimate of drug-likeness (QED) is 0.227. The van der Waals surface area contributed by atoms with Crippen LogP contribution in [0.3, 0.4) is 0 Å². The highest BCUT2D eigenvalue weighted by molar-refractivity contribution is 7.00. The van der Waals surface area contributed by atoms with E-state index in [1.807, 2.05) is 30.5 Å². The van der Waals surface area contributed by atoms with Gasteiger partial charge < -0.3 is 9.74 Å². The van der Waals surface area contributed by atoms with Crippen LogP contribution in [0, 0.1) is 11.7 Å². The lowest BCUT2D eigenvalue weighted by Gasteiger charge is -2.48. The van der Waals surface area contributed by atoms with Crippen molar-refractivity contribution in [3.8, 4) is 16.9 Å². The first-order valence-electron chi connectivity index (χ1n) is 15.9. The van der Waals surface area contributed by atoms with Gasteiger partial charge in [0.05, 0.1) is 11.8 Å². The topological polar surface area (TPSA) is 48.9 Å². The van der Waals surface area contributed by atoms with Gasteiger partial charge in [0.1, 0.15) is 17.2 Å². The molecule has 8 heteroatoms. The third-order valence-electron chi connectivity index (χ3n) is 9.70. The smallest absolute Gasteiger partial charge is 0.319 e. The van der Waals surface area contributed by atoms with Gasteiger partial charge in [-0.1, -0.05) is 99.1 Å². The molecule has 0 bridgehead atoms. The Bertz CT molecular complexity index is 1680. The van der Waals surface area contributed by atoms with E-state index in [9.17, 15) is 0 Å². The van der Waals surface area contributed by atoms with Crippen molar-refractivity contribution in [2.24, 2.45) is 11.0 Å². The van der Waals surface area contributed by atoms with Gasteiger partial charge in [0.15, 0.2) is 0 Å². The Kier molecular flexibility index (Phi) is 7.85. The van der Waals surface area contributed by atoms with Crippen molar-refractivity contribution < 1.29 is 8.82 Å². The molecular weight excluding hydrogens is 599 g/mol. The zero-order valence-corrected chi connectivity index (χ0v) is 27.9. The number of rotatable bonds is 7. The Morgan fingerprint density at radius 3 is 2.16 bits per heavy atom. The molecule has 0 amide bonds. The Morgan fingerprint density at radius 2 is 1.56 bits per heavy atom. The maximum absolute atomic E-state index is 16.4. The Hall–Kier alpha value is -3.49. The summed E-state index contributed by atoms with van der Waals surface area (Å²) in [5.41, 5.74) is 6.19. The number of benzene rings is 4. The molecule has 1 unspecified atom stereocenters. The van der Waals surface area contributed by atoms with Crippen LogP contribution >= 0.6 is 11.6 Å². The molecule has 0 radical (unpaired) electrons. The predicted molar refractivity (Wildman–Crippen MR) is 185 cm³/mol. The number of piperazine rings is 1. The Labute approximate surface area is 271 Å². The van der Waals surface area contributed by atoms with Gasteiger partial charge in [-0.2, -0.15) is 5.10 Å². The molecule has 4 aromatic carbocycles. The van der Waals surface area contributed by atoms with Gasteiger partial charge in [0, 0.05) is 53.8 Å². The molecule has 4 aromatic rings. The van der Waals surface area contributed by atoms with Crippen LogP contribution in [0.1, 0.15) is 44.7 Å². The first-order chi connectivity index (χ1) is 21.8. The Balaban J connectivity index is 1.43. The minimum Gasteiger partial charge on any atom is -0.533 e. The molecule has 1 aliphatic carbocycles. The summed E-state index contributed by atoms with van der Waals surface area (Å²) in [4.78, 5) is 2.51. The third-order valence-corrected chi connectivity index (χ3v) is 14.9. The van der Waals surface area contributed by atoms with Crippen molar-refractivity contribution in [2.75, 3.05) is 26.2 Å². The zero-order chi connectivity index (χ0) is 31.2. The summed E-state index contributed by atoms with van der Waals surface area (Å²) in [5.74, 6) is 0.556. The molecule has 1 saturated carbocycles. The standard InChI is InChI=1S/C37H40ClFN4OSi/c1-36(2,3)45(28-11-6-4-7-12-28,29-13-8-5-9-14-29)44-34-16-10-15-33(39)35(34)30-24-31-26(23-32(30)38)25-41-42-37(31,27-17-18-27)43-21-19-40-20-22-43/h4-16,23-25,27,40,42H,17-22H2,1-3H3. The monoisotopic (exact) mass is 638 g/mol. The van der Waals surface area contributed by atoms with Crippen LogP contribution in [0.15, 0.2) is 96.1 Å². The summed E-state index contributed by atoms with van der Waals surface area (Å²) in [6, 6.07) is 30.1. The zero-order valence-electron chi connectivity index (χ0n) is 26.1. The molecule has 3 aliphatic rings. The van der Waals surface area contributed by atoms with Crippen molar-refractivity contribution in [3.63, 3.8) is 0 Å². The van der Waals surface area contributed by atoms with Gasteiger partial charge >= 0.3 is 8.32 Å². The molecular formula is C37H40ClFN4OSi. The average Bonchev–Trinajstić information content (AvgIpc) is 3.90. The maximum atomic E-state index is 16.4. The normalized spacial score (nSPS) is 20.4. The summed E-state index contributed by atoms with van der Waals surface area (Å²) in [5, 5.41) is 10.6. The first-order valence-corrected chi connectivity index (χ1v) is 18.2. The fourth-order valence-electron chi connectivity index (χ4n) is 7.47. The molecule has 2 fully saturated rings. The molecule has 1 saturated heterocycles. The number of fused-ring (bicyclic) bond motifs is 1. The van der Waals surface area contributed by atoms with Crippen molar-refractivity contribution in [1.29, 1.82) is 0 Å². The van der Waals surface area contributed by atoms with Gasteiger partial charge in [-0.05, 0) is 52.5 Å². The highest BCUT2D eigenvalue weighted by Crippen LogP contribution is 2.52. The van der Waals surface area contributed by atoms with Crippen LogP contribution in [0.5, 0.6) is 5.75 Å². The number of hydrazone groups is 1. The summed E-state index contributed by atoms with van der Waals surface area (Å²) >= 11 is 7.09. The van der Waals surface area contributed by atoms with E-state index in [0.717, 1.165) is 60.5 Å². The number of nitrogens with one attached hydrogen (secondary N) is 2. The third kappa shape index (κ3) is 5.10. The van der Waals surface area contributed by atoms with Crippen LogP contribution in [-0.2, 0) is 5.66 Å². The van der Waals surface area contributed by atoms with Crippen LogP contribution < -0.4 is 25.5 Å². The number of hydrogen-bond acceptors (Lipinski definition) is 5. The van der Waals surface area contributed by atoms with Crippen molar-refractivity contribution in [2.45, 2.75) is 44.3 Å².